The number of amides is 2. The Morgan fingerprint density at radius 2 is 1.48 bits per heavy atom. The zero-order valence-electron chi connectivity index (χ0n) is 14.7. The number of halogens is 2. The molecule has 0 saturated carbocycles. The maximum Gasteiger partial charge on any atom is 0.292 e. The Morgan fingerprint density at radius 1 is 0.889 bits per heavy atom. The largest absolute Gasteiger partial charge is 0.360 e. The summed E-state index contributed by atoms with van der Waals surface area (Å²) in [6, 6.07) is 14.4. The highest BCUT2D eigenvalue weighted by molar-refractivity contribution is 6.31. The topological polar surface area (TPSA) is 45.1 Å². The average Bonchev–Trinajstić information content (AvgIpc) is 2.96. The minimum Gasteiger partial charge on any atom is -0.360 e. The Kier molecular flexibility index (Phi) is 5.08. The van der Waals surface area contributed by atoms with Crippen LogP contribution in [0.1, 0.15) is 6.42 Å². The van der Waals surface area contributed by atoms with E-state index in [2.05, 4.69) is 4.90 Å². The first kappa shape index (κ1) is 18.3. The summed E-state index contributed by atoms with van der Waals surface area (Å²) < 4.78 is 0. The number of hydrogen-bond acceptors (Lipinski definition) is 3. The number of piperazine rings is 1. The van der Waals surface area contributed by atoms with Crippen LogP contribution in [-0.2, 0) is 9.59 Å². The molecule has 2 fully saturated rings. The Morgan fingerprint density at radius 3 is 2.11 bits per heavy atom. The summed E-state index contributed by atoms with van der Waals surface area (Å²) in [6.07, 6.45) is 0.248. The quantitative estimate of drug-likeness (QED) is 0.796. The first-order valence-electron chi connectivity index (χ1n) is 9.00. The van der Waals surface area contributed by atoms with E-state index in [1.807, 2.05) is 24.3 Å². The molecule has 4 rings (SSSR count). The molecule has 0 aromatic heterocycles. The third-order valence-corrected chi connectivity index (χ3v) is 5.76. The van der Waals surface area contributed by atoms with Crippen molar-refractivity contribution >= 4 is 46.4 Å². The smallest absolute Gasteiger partial charge is 0.292 e. The number of nitrogens with zero attached hydrogens (tertiary/aromatic N) is 2. The van der Waals surface area contributed by atoms with Crippen molar-refractivity contribution in [1.82, 2.24) is 0 Å². The highest BCUT2D eigenvalue weighted by atomic mass is 35.5. The fourth-order valence-electron chi connectivity index (χ4n) is 3.91. The number of quaternary nitrogens is 1. The second kappa shape index (κ2) is 7.50. The molecule has 2 aromatic rings. The van der Waals surface area contributed by atoms with Crippen molar-refractivity contribution in [1.29, 1.82) is 0 Å². The van der Waals surface area contributed by atoms with Crippen molar-refractivity contribution in [2.75, 3.05) is 36.0 Å². The lowest BCUT2D eigenvalue weighted by Gasteiger charge is -2.35. The number of anilines is 2. The maximum atomic E-state index is 12.9. The molecule has 1 atom stereocenters. The molecule has 27 heavy (non-hydrogen) atoms. The van der Waals surface area contributed by atoms with E-state index in [1.54, 1.807) is 24.3 Å². The van der Waals surface area contributed by atoms with Crippen molar-refractivity contribution in [3.05, 3.63) is 58.6 Å². The monoisotopic (exact) mass is 404 g/mol. The second-order valence-corrected chi connectivity index (χ2v) is 7.80. The number of benzene rings is 2. The first-order valence-corrected chi connectivity index (χ1v) is 9.76. The summed E-state index contributed by atoms with van der Waals surface area (Å²) in [5.74, 6) is -0.287. The van der Waals surface area contributed by atoms with Crippen molar-refractivity contribution in [3.8, 4) is 0 Å². The van der Waals surface area contributed by atoms with Gasteiger partial charge in [0.05, 0.1) is 38.3 Å². The van der Waals surface area contributed by atoms with Gasteiger partial charge in [0.15, 0.2) is 6.04 Å². The molecular formula is C20H20Cl2N3O2+. The van der Waals surface area contributed by atoms with Gasteiger partial charge in [0.25, 0.3) is 5.91 Å². The van der Waals surface area contributed by atoms with E-state index in [1.165, 1.54) is 4.90 Å². The van der Waals surface area contributed by atoms with Crippen LogP contribution in [0.2, 0.25) is 10.0 Å². The molecule has 0 radical (unpaired) electrons. The Balaban J connectivity index is 1.44. The fraction of sp³-hybridized carbons (Fsp3) is 0.300. The molecular weight excluding hydrogens is 385 g/mol. The lowest BCUT2D eigenvalue weighted by atomic mass is 10.1. The van der Waals surface area contributed by atoms with Crippen molar-refractivity contribution < 1.29 is 14.5 Å². The lowest BCUT2D eigenvalue weighted by molar-refractivity contribution is -0.915. The van der Waals surface area contributed by atoms with Crippen molar-refractivity contribution in [3.63, 3.8) is 0 Å². The molecule has 2 saturated heterocycles. The van der Waals surface area contributed by atoms with Crippen LogP contribution < -0.4 is 14.7 Å². The van der Waals surface area contributed by atoms with Gasteiger partial charge in [0, 0.05) is 15.7 Å². The zero-order valence-corrected chi connectivity index (χ0v) is 16.2. The minimum absolute atomic E-state index is 0.131. The molecule has 2 aliphatic rings. The van der Waals surface area contributed by atoms with Gasteiger partial charge in [0.2, 0.25) is 5.91 Å². The van der Waals surface area contributed by atoms with Gasteiger partial charge in [-0.15, -0.1) is 0 Å². The normalized spacial score (nSPS) is 21.2. The number of imide groups is 1. The Bertz CT molecular complexity index is 881. The standard InChI is InChI=1S/C20H19Cl2N3O2/c21-14-3-1-5-16(11-14)23-7-9-24(10-8-23)18-13-19(26)25(20(18)27)17-6-2-4-15(22)12-17/h1-6,11-12,18H,7-10,13H2/p+1/t18-/m0/s1. The molecule has 0 aliphatic carbocycles. The van der Waals surface area contributed by atoms with Gasteiger partial charge in [-0.05, 0) is 36.4 Å². The zero-order chi connectivity index (χ0) is 19.0. The average molecular weight is 405 g/mol. The maximum absolute atomic E-state index is 12.9. The third-order valence-electron chi connectivity index (χ3n) is 5.28. The van der Waals surface area contributed by atoms with Crippen LogP contribution in [-0.4, -0.2) is 44.0 Å². The highest BCUT2D eigenvalue weighted by Gasteiger charge is 2.46. The molecule has 140 valence electrons. The van der Waals surface area contributed by atoms with Crippen LogP contribution in [0, 0.1) is 0 Å². The number of hydrogen-bond donors (Lipinski definition) is 1. The van der Waals surface area contributed by atoms with Crippen LogP contribution in [0.15, 0.2) is 48.5 Å². The predicted octanol–water partition coefficient (Wildman–Crippen LogP) is 2.03. The molecule has 2 heterocycles. The summed E-state index contributed by atoms with van der Waals surface area (Å²) in [5.41, 5.74) is 1.65. The summed E-state index contributed by atoms with van der Waals surface area (Å²) in [7, 11) is 0. The van der Waals surface area contributed by atoms with E-state index in [0.29, 0.717) is 10.7 Å². The SMILES string of the molecule is O=C1C[C@H]([NH+]2CCN(c3cccc(Cl)c3)CC2)C(=O)N1c1cccc(Cl)c1. The van der Waals surface area contributed by atoms with Crippen molar-refractivity contribution in [2.24, 2.45) is 0 Å². The van der Waals surface area contributed by atoms with Crippen LogP contribution in [0.3, 0.4) is 0 Å². The van der Waals surface area contributed by atoms with E-state index in [0.717, 1.165) is 41.8 Å². The molecule has 7 heteroatoms. The molecule has 2 aromatic carbocycles. The Labute approximate surface area is 168 Å². The van der Waals surface area contributed by atoms with E-state index in [4.69, 9.17) is 23.2 Å². The van der Waals surface area contributed by atoms with Gasteiger partial charge in [-0.3, -0.25) is 9.59 Å². The van der Waals surface area contributed by atoms with Gasteiger partial charge in [-0.25, -0.2) is 4.90 Å². The van der Waals surface area contributed by atoms with Gasteiger partial charge >= 0.3 is 0 Å². The Hall–Kier alpha value is -2.08. The minimum atomic E-state index is -0.321. The van der Waals surface area contributed by atoms with Gasteiger partial charge in [0.1, 0.15) is 0 Å². The van der Waals surface area contributed by atoms with Crippen LogP contribution >= 0.6 is 23.2 Å². The summed E-state index contributed by atoms with van der Waals surface area (Å²) in [4.78, 5) is 30.1. The highest BCUT2D eigenvalue weighted by Crippen LogP contribution is 2.25. The van der Waals surface area contributed by atoms with Gasteiger partial charge < -0.3 is 9.80 Å². The van der Waals surface area contributed by atoms with Crippen LogP contribution in [0.4, 0.5) is 11.4 Å². The molecule has 2 aliphatic heterocycles. The molecule has 0 unspecified atom stereocenters. The van der Waals surface area contributed by atoms with E-state index >= 15 is 0 Å². The number of carbonyl (C=O) groups is 2. The molecule has 1 N–H and O–H groups in total. The van der Waals surface area contributed by atoms with Crippen LogP contribution in [0.25, 0.3) is 0 Å². The summed E-state index contributed by atoms with van der Waals surface area (Å²) >= 11 is 12.1. The fourth-order valence-corrected chi connectivity index (χ4v) is 4.28. The summed E-state index contributed by atoms with van der Waals surface area (Å²) in [6.45, 7) is 3.26. The van der Waals surface area contributed by atoms with E-state index in [-0.39, 0.29) is 24.3 Å². The van der Waals surface area contributed by atoms with E-state index < -0.39 is 0 Å². The molecule has 2 amide bonds. The first-order chi connectivity index (χ1) is 13.0. The van der Waals surface area contributed by atoms with Crippen LogP contribution in [0.5, 0.6) is 0 Å². The van der Waals surface area contributed by atoms with Crippen molar-refractivity contribution in [2.45, 2.75) is 12.5 Å². The van der Waals surface area contributed by atoms with Gasteiger partial charge in [-0.2, -0.15) is 0 Å². The second-order valence-electron chi connectivity index (χ2n) is 6.93. The number of rotatable bonds is 3. The molecule has 5 nitrogen and oxygen atoms in total. The molecule has 0 bridgehead atoms. The molecule has 0 spiro atoms. The lowest BCUT2D eigenvalue weighted by Crippen LogP contribution is -3.19. The summed E-state index contributed by atoms with van der Waals surface area (Å²) in [5, 5.41) is 1.23. The predicted molar refractivity (Wildman–Crippen MR) is 107 cm³/mol. The third kappa shape index (κ3) is 3.68. The van der Waals surface area contributed by atoms with E-state index in [9.17, 15) is 9.59 Å². The number of carbonyl (C=O) groups excluding carboxylic acids is 2. The number of nitrogens with one attached hydrogen (secondary N) is 1. The van der Waals surface area contributed by atoms with Gasteiger partial charge in [-0.1, -0.05) is 35.3 Å².